The van der Waals surface area contributed by atoms with E-state index in [4.69, 9.17) is 0 Å². The topological polar surface area (TPSA) is 52.7 Å². The van der Waals surface area contributed by atoms with Crippen LogP contribution in [0.3, 0.4) is 0 Å². The first-order chi connectivity index (χ1) is 11.1. The predicted molar refractivity (Wildman–Crippen MR) is 90.1 cm³/mol. The van der Waals surface area contributed by atoms with Crippen LogP contribution >= 0.6 is 0 Å². The molecule has 1 unspecified atom stereocenters. The third-order valence-electron chi connectivity index (χ3n) is 5.80. The van der Waals surface area contributed by atoms with Crippen molar-refractivity contribution < 1.29 is 9.59 Å². The van der Waals surface area contributed by atoms with Gasteiger partial charge in [-0.3, -0.25) is 4.79 Å². The molecule has 1 N–H and O–H groups in total. The lowest BCUT2D eigenvalue weighted by atomic mass is 9.87. The summed E-state index contributed by atoms with van der Waals surface area (Å²) in [4.78, 5) is 28.9. The number of carbonyl (C=O) groups excluding carboxylic acids is 2. The van der Waals surface area contributed by atoms with E-state index in [1.165, 1.54) is 12.8 Å². The smallest absolute Gasteiger partial charge is 0.320 e. The molecule has 0 aromatic rings. The fourth-order valence-corrected chi connectivity index (χ4v) is 4.20. The van der Waals surface area contributed by atoms with Gasteiger partial charge < -0.3 is 15.1 Å². The van der Waals surface area contributed by atoms with E-state index in [2.05, 4.69) is 12.2 Å². The predicted octanol–water partition coefficient (Wildman–Crippen LogP) is 2.61. The molecule has 3 fully saturated rings. The Morgan fingerprint density at radius 1 is 0.870 bits per heavy atom. The highest BCUT2D eigenvalue weighted by Gasteiger charge is 2.32. The molecular formula is C18H31N3O2. The van der Waals surface area contributed by atoms with Crippen molar-refractivity contribution in [2.75, 3.05) is 26.2 Å². The third-order valence-corrected chi connectivity index (χ3v) is 5.80. The fraction of sp³-hybridized carbons (Fsp3) is 0.889. The minimum absolute atomic E-state index is 0.0188. The number of nitrogens with zero attached hydrogens (tertiary/aromatic N) is 2. The second-order valence-corrected chi connectivity index (χ2v) is 7.73. The van der Waals surface area contributed by atoms with Crippen LogP contribution in [-0.2, 0) is 4.79 Å². The first kappa shape index (κ1) is 16.6. The van der Waals surface area contributed by atoms with Gasteiger partial charge in [-0.15, -0.1) is 0 Å². The first-order valence-electron chi connectivity index (χ1n) is 9.47. The summed E-state index contributed by atoms with van der Waals surface area (Å²) in [6.07, 6.45) is 8.74. The summed E-state index contributed by atoms with van der Waals surface area (Å²) in [7, 11) is 0. The van der Waals surface area contributed by atoms with Gasteiger partial charge in [0.1, 0.15) is 0 Å². The summed E-state index contributed by atoms with van der Waals surface area (Å²) in [6.45, 7) is 5.46. The van der Waals surface area contributed by atoms with Crippen LogP contribution < -0.4 is 5.32 Å². The van der Waals surface area contributed by atoms with Crippen LogP contribution in [0.25, 0.3) is 0 Å². The van der Waals surface area contributed by atoms with Crippen molar-refractivity contribution in [1.29, 1.82) is 0 Å². The number of amides is 3. The molecule has 0 aromatic carbocycles. The fourth-order valence-electron chi connectivity index (χ4n) is 4.20. The quantitative estimate of drug-likeness (QED) is 0.850. The lowest BCUT2D eigenvalue weighted by molar-refractivity contribution is -0.127. The van der Waals surface area contributed by atoms with Gasteiger partial charge in [0.25, 0.3) is 0 Å². The molecule has 3 aliphatic rings. The van der Waals surface area contributed by atoms with Crippen molar-refractivity contribution in [1.82, 2.24) is 15.1 Å². The number of hydrogen-bond donors (Lipinski definition) is 1. The number of likely N-dealkylation sites (tertiary alicyclic amines) is 2. The Bertz CT molecular complexity index is 426. The molecule has 130 valence electrons. The van der Waals surface area contributed by atoms with Crippen LogP contribution in [0.4, 0.5) is 4.79 Å². The summed E-state index contributed by atoms with van der Waals surface area (Å²) < 4.78 is 0. The number of piperidine rings is 1. The Kier molecular flexibility index (Phi) is 5.44. The SMILES string of the molecule is CC1CCC(NC(=O)C2CCCN(C(=O)N3CCCC3)C2)CC1. The van der Waals surface area contributed by atoms with E-state index in [-0.39, 0.29) is 17.9 Å². The van der Waals surface area contributed by atoms with Crippen LogP contribution in [0.15, 0.2) is 0 Å². The van der Waals surface area contributed by atoms with Gasteiger partial charge in [0.05, 0.1) is 5.92 Å². The largest absolute Gasteiger partial charge is 0.353 e. The zero-order valence-electron chi connectivity index (χ0n) is 14.4. The first-order valence-corrected chi connectivity index (χ1v) is 9.47. The number of hydrogen-bond acceptors (Lipinski definition) is 2. The molecule has 0 radical (unpaired) electrons. The van der Waals surface area contributed by atoms with E-state index >= 15 is 0 Å². The van der Waals surface area contributed by atoms with Gasteiger partial charge in [-0.05, 0) is 57.3 Å². The van der Waals surface area contributed by atoms with Gasteiger partial charge in [0.2, 0.25) is 5.91 Å². The van der Waals surface area contributed by atoms with Crippen molar-refractivity contribution in [3.8, 4) is 0 Å². The van der Waals surface area contributed by atoms with Crippen molar-refractivity contribution >= 4 is 11.9 Å². The summed E-state index contributed by atoms with van der Waals surface area (Å²) >= 11 is 0. The molecule has 2 aliphatic heterocycles. The Morgan fingerprint density at radius 3 is 2.22 bits per heavy atom. The normalized spacial score (nSPS) is 32.0. The van der Waals surface area contributed by atoms with E-state index in [9.17, 15) is 9.59 Å². The van der Waals surface area contributed by atoms with Gasteiger partial charge in [0, 0.05) is 32.2 Å². The molecule has 2 heterocycles. The van der Waals surface area contributed by atoms with E-state index in [0.717, 1.165) is 64.1 Å². The summed E-state index contributed by atoms with van der Waals surface area (Å²) in [6, 6.07) is 0.495. The molecular weight excluding hydrogens is 290 g/mol. The molecule has 1 atom stereocenters. The molecule has 23 heavy (non-hydrogen) atoms. The minimum Gasteiger partial charge on any atom is -0.353 e. The molecule has 5 nitrogen and oxygen atoms in total. The van der Waals surface area contributed by atoms with Crippen molar-refractivity contribution in [2.45, 2.75) is 64.3 Å². The highest BCUT2D eigenvalue weighted by molar-refractivity contribution is 5.81. The van der Waals surface area contributed by atoms with Crippen molar-refractivity contribution in [3.63, 3.8) is 0 Å². The number of urea groups is 1. The van der Waals surface area contributed by atoms with E-state index in [1.807, 2.05) is 9.80 Å². The molecule has 3 amide bonds. The van der Waals surface area contributed by atoms with Gasteiger partial charge >= 0.3 is 6.03 Å². The zero-order valence-corrected chi connectivity index (χ0v) is 14.4. The summed E-state index contributed by atoms with van der Waals surface area (Å²) in [5, 5.41) is 3.25. The monoisotopic (exact) mass is 321 g/mol. The summed E-state index contributed by atoms with van der Waals surface area (Å²) in [5.41, 5.74) is 0. The zero-order chi connectivity index (χ0) is 16.2. The van der Waals surface area contributed by atoms with Gasteiger partial charge in [-0.25, -0.2) is 4.79 Å². The van der Waals surface area contributed by atoms with Crippen LogP contribution in [0.1, 0.15) is 58.3 Å². The van der Waals surface area contributed by atoms with Gasteiger partial charge in [-0.2, -0.15) is 0 Å². The summed E-state index contributed by atoms with van der Waals surface area (Å²) in [5.74, 6) is 0.949. The second kappa shape index (κ2) is 7.54. The van der Waals surface area contributed by atoms with Crippen molar-refractivity contribution in [3.05, 3.63) is 0 Å². The maximum absolute atomic E-state index is 12.6. The molecule has 2 saturated heterocycles. The maximum Gasteiger partial charge on any atom is 0.320 e. The highest BCUT2D eigenvalue weighted by Crippen LogP contribution is 2.25. The Morgan fingerprint density at radius 2 is 1.52 bits per heavy atom. The second-order valence-electron chi connectivity index (χ2n) is 7.73. The average Bonchev–Trinajstić information content (AvgIpc) is 3.11. The Hall–Kier alpha value is -1.26. The average molecular weight is 321 g/mol. The number of carbonyl (C=O) groups is 2. The molecule has 5 heteroatoms. The van der Waals surface area contributed by atoms with E-state index < -0.39 is 0 Å². The molecule has 1 saturated carbocycles. The minimum atomic E-state index is -0.0188. The molecule has 1 aliphatic carbocycles. The standard InChI is InChI=1S/C18H31N3O2/c1-14-6-8-16(9-7-14)19-17(22)15-5-4-12-21(13-15)18(23)20-10-2-3-11-20/h14-16H,2-13H2,1H3,(H,19,22). The maximum atomic E-state index is 12.6. The molecule has 0 bridgehead atoms. The molecule has 0 spiro atoms. The van der Waals surface area contributed by atoms with E-state index in [0.29, 0.717) is 12.6 Å². The number of rotatable bonds is 2. The van der Waals surface area contributed by atoms with Gasteiger partial charge in [0.15, 0.2) is 0 Å². The third kappa shape index (κ3) is 4.18. The van der Waals surface area contributed by atoms with Crippen LogP contribution in [0, 0.1) is 11.8 Å². The van der Waals surface area contributed by atoms with Gasteiger partial charge in [-0.1, -0.05) is 6.92 Å². The Balaban J connectivity index is 1.49. The highest BCUT2D eigenvalue weighted by atomic mass is 16.2. The van der Waals surface area contributed by atoms with Crippen molar-refractivity contribution in [2.24, 2.45) is 11.8 Å². The molecule has 0 aromatic heterocycles. The van der Waals surface area contributed by atoms with Crippen LogP contribution in [0.2, 0.25) is 0 Å². The Labute approximate surface area is 139 Å². The molecule has 3 rings (SSSR count). The number of nitrogens with one attached hydrogen (secondary N) is 1. The lowest BCUT2D eigenvalue weighted by Crippen LogP contribution is -2.51. The lowest BCUT2D eigenvalue weighted by Gasteiger charge is -2.35. The van der Waals surface area contributed by atoms with E-state index in [1.54, 1.807) is 0 Å². The van der Waals surface area contributed by atoms with Crippen LogP contribution in [0.5, 0.6) is 0 Å². The van der Waals surface area contributed by atoms with Crippen LogP contribution in [-0.4, -0.2) is 54.0 Å².